The lowest BCUT2D eigenvalue weighted by Crippen LogP contribution is -2.47. The maximum Gasteiger partial charge on any atom is 0.244 e. The first kappa shape index (κ1) is 13.5. The van der Waals surface area contributed by atoms with E-state index in [0.29, 0.717) is 11.7 Å². The standard InChI is InChI=1S/C11H13N5OS2/c1-2-3-12-10(18)15-14-9(17)6-8-7-16-4-5-19-11(16)13-8/h2,4-5,7H,1,3,6H2,(H,14,17)(H2,12,15,18). The van der Waals surface area contributed by atoms with Crippen LogP contribution in [0.4, 0.5) is 0 Å². The van der Waals surface area contributed by atoms with Crippen molar-refractivity contribution in [3.63, 3.8) is 0 Å². The number of hydrogen-bond acceptors (Lipinski definition) is 4. The molecule has 0 aliphatic carbocycles. The Hall–Kier alpha value is -1.93. The van der Waals surface area contributed by atoms with Gasteiger partial charge in [0.15, 0.2) is 10.1 Å². The number of hydrogen-bond donors (Lipinski definition) is 3. The number of imidazole rings is 1. The first-order chi connectivity index (χ1) is 9.19. The molecule has 0 spiro atoms. The molecule has 0 saturated carbocycles. The van der Waals surface area contributed by atoms with Crippen LogP contribution < -0.4 is 16.2 Å². The van der Waals surface area contributed by atoms with Crippen LogP contribution in [0.2, 0.25) is 0 Å². The zero-order valence-corrected chi connectivity index (χ0v) is 11.7. The highest BCUT2D eigenvalue weighted by Crippen LogP contribution is 2.11. The quantitative estimate of drug-likeness (QED) is 0.438. The topological polar surface area (TPSA) is 70.5 Å². The maximum absolute atomic E-state index is 11.7. The zero-order valence-electron chi connectivity index (χ0n) is 10.0. The highest BCUT2D eigenvalue weighted by molar-refractivity contribution is 7.80. The summed E-state index contributed by atoms with van der Waals surface area (Å²) in [5, 5.41) is 5.13. The number of carbonyl (C=O) groups is 1. The second-order valence-corrected chi connectivity index (χ2v) is 4.96. The third-order valence-corrected chi connectivity index (χ3v) is 3.22. The Labute approximate surface area is 119 Å². The van der Waals surface area contributed by atoms with Gasteiger partial charge in [-0.1, -0.05) is 6.08 Å². The van der Waals surface area contributed by atoms with Crippen molar-refractivity contribution in [2.75, 3.05) is 6.54 Å². The lowest BCUT2D eigenvalue weighted by atomic mass is 10.3. The Morgan fingerprint density at radius 3 is 3.16 bits per heavy atom. The Bertz CT molecular complexity index is 575. The fraction of sp³-hybridized carbons (Fsp3) is 0.182. The van der Waals surface area contributed by atoms with Crippen molar-refractivity contribution in [1.82, 2.24) is 25.6 Å². The predicted molar refractivity (Wildman–Crippen MR) is 78.8 cm³/mol. The van der Waals surface area contributed by atoms with E-state index in [4.69, 9.17) is 12.2 Å². The smallest absolute Gasteiger partial charge is 0.244 e. The van der Waals surface area contributed by atoms with E-state index in [1.807, 2.05) is 22.2 Å². The molecule has 0 unspecified atom stereocenters. The summed E-state index contributed by atoms with van der Waals surface area (Å²) in [6.07, 6.45) is 5.61. The minimum atomic E-state index is -0.200. The van der Waals surface area contributed by atoms with Gasteiger partial charge in [-0.3, -0.25) is 20.0 Å². The van der Waals surface area contributed by atoms with Gasteiger partial charge in [0.25, 0.3) is 0 Å². The van der Waals surface area contributed by atoms with Crippen LogP contribution in [0.1, 0.15) is 5.69 Å². The van der Waals surface area contributed by atoms with Gasteiger partial charge in [0.2, 0.25) is 5.91 Å². The van der Waals surface area contributed by atoms with Crippen LogP contribution >= 0.6 is 23.6 Å². The lowest BCUT2D eigenvalue weighted by molar-refractivity contribution is -0.121. The number of amides is 1. The number of nitrogens with zero attached hydrogens (tertiary/aromatic N) is 2. The SMILES string of the molecule is C=CCNC(=S)NNC(=O)Cc1cn2ccsc2n1. The summed E-state index contributed by atoms with van der Waals surface area (Å²) in [5.41, 5.74) is 5.83. The molecule has 3 N–H and O–H groups in total. The molecule has 0 aliphatic heterocycles. The molecule has 19 heavy (non-hydrogen) atoms. The first-order valence-electron chi connectivity index (χ1n) is 5.53. The van der Waals surface area contributed by atoms with Gasteiger partial charge in [0, 0.05) is 24.3 Å². The molecule has 100 valence electrons. The maximum atomic E-state index is 11.7. The fourth-order valence-electron chi connectivity index (χ4n) is 1.41. The highest BCUT2D eigenvalue weighted by atomic mass is 32.1. The van der Waals surface area contributed by atoms with Crippen LogP contribution in [0.15, 0.2) is 30.4 Å². The zero-order chi connectivity index (χ0) is 13.7. The van der Waals surface area contributed by atoms with Crippen molar-refractivity contribution in [1.29, 1.82) is 0 Å². The lowest BCUT2D eigenvalue weighted by Gasteiger charge is -2.09. The van der Waals surface area contributed by atoms with Crippen LogP contribution in [0.25, 0.3) is 4.96 Å². The minimum absolute atomic E-state index is 0.200. The van der Waals surface area contributed by atoms with Gasteiger partial charge in [-0.15, -0.1) is 17.9 Å². The van der Waals surface area contributed by atoms with Gasteiger partial charge in [-0.25, -0.2) is 4.98 Å². The van der Waals surface area contributed by atoms with Crippen LogP contribution in [0.3, 0.4) is 0 Å². The van der Waals surface area contributed by atoms with Gasteiger partial charge < -0.3 is 5.32 Å². The van der Waals surface area contributed by atoms with Crippen molar-refractivity contribution in [3.05, 3.63) is 36.1 Å². The second-order valence-electron chi connectivity index (χ2n) is 3.67. The number of thiocarbonyl (C=S) groups is 1. The number of aromatic nitrogens is 2. The number of hydrazine groups is 1. The summed E-state index contributed by atoms with van der Waals surface area (Å²) < 4.78 is 1.89. The molecule has 0 saturated heterocycles. The molecule has 2 rings (SSSR count). The summed E-state index contributed by atoms with van der Waals surface area (Å²) in [4.78, 5) is 16.9. The average molecular weight is 295 g/mol. The van der Waals surface area contributed by atoms with E-state index >= 15 is 0 Å². The molecule has 0 radical (unpaired) electrons. The molecule has 1 amide bonds. The molecule has 8 heteroatoms. The highest BCUT2D eigenvalue weighted by Gasteiger charge is 2.08. The summed E-state index contributed by atoms with van der Waals surface area (Å²) >= 11 is 6.47. The molecule has 2 heterocycles. The molecule has 0 aromatic carbocycles. The van der Waals surface area contributed by atoms with Crippen molar-refractivity contribution < 1.29 is 4.79 Å². The second kappa shape index (κ2) is 6.30. The van der Waals surface area contributed by atoms with E-state index in [1.165, 1.54) is 11.3 Å². The molecule has 6 nitrogen and oxygen atoms in total. The van der Waals surface area contributed by atoms with E-state index in [0.717, 1.165) is 10.7 Å². The number of fused-ring (bicyclic) bond motifs is 1. The third-order valence-electron chi connectivity index (χ3n) is 2.21. The van der Waals surface area contributed by atoms with E-state index in [2.05, 4.69) is 27.7 Å². The molecule has 0 fully saturated rings. The van der Waals surface area contributed by atoms with Gasteiger partial charge in [-0.05, 0) is 12.2 Å². The Morgan fingerprint density at radius 2 is 2.42 bits per heavy atom. The first-order valence-corrected chi connectivity index (χ1v) is 6.82. The van der Waals surface area contributed by atoms with Gasteiger partial charge in [0.1, 0.15) is 0 Å². The van der Waals surface area contributed by atoms with Crippen molar-refractivity contribution in [3.8, 4) is 0 Å². The molecular weight excluding hydrogens is 282 g/mol. The van der Waals surface area contributed by atoms with E-state index in [1.54, 1.807) is 6.08 Å². The van der Waals surface area contributed by atoms with E-state index < -0.39 is 0 Å². The van der Waals surface area contributed by atoms with Gasteiger partial charge in [-0.2, -0.15) is 0 Å². The normalized spacial score (nSPS) is 10.1. The largest absolute Gasteiger partial charge is 0.358 e. The summed E-state index contributed by atoms with van der Waals surface area (Å²) in [7, 11) is 0. The number of rotatable bonds is 4. The van der Waals surface area contributed by atoms with Crippen LogP contribution in [0, 0.1) is 0 Å². The summed E-state index contributed by atoms with van der Waals surface area (Å²) in [5.74, 6) is -0.200. The number of thiazole rings is 1. The van der Waals surface area contributed by atoms with E-state index in [-0.39, 0.29) is 12.3 Å². The Balaban J connectivity index is 1.79. The molecular formula is C11H13N5OS2. The van der Waals surface area contributed by atoms with Crippen LogP contribution in [0.5, 0.6) is 0 Å². The third kappa shape index (κ3) is 3.76. The fourth-order valence-corrected chi connectivity index (χ4v) is 2.26. The predicted octanol–water partition coefficient (Wildman–Crippen LogP) is 0.620. The molecule has 0 aliphatic rings. The average Bonchev–Trinajstić information content (AvgIpc) is 2.94. The Kier molecular flexibility index (Phi) is 4.48. The molecule has 0 bridgehead atoms. The van der Waals surface area contributed by atoms with Crippen molar-refractivity contribution >= 4 is 39.5 Å². The molecule has 2 aromatic heterocycles. The summed E-state index contributed by atoms with van der Waals surface area (Å²) in [6.45, 7) is 4.09. The minimum Gasteiger partial charge on any atom is -0.358 e. The Morgan fingerprint density at radius 1 is 1.58 bits per heavy atom. The van der Waals surface area contributed by atoms with Crippen LogP contribution in [-0.4, -0.2) is 26.9 Å². The monoisotopic (exact) mass is 295 g/mol. The van der Waals surface area contributed by atoms with Gasteiger partial charge in [0.05, 0.1) is 12.1 Å². The number of nitrogens with one attached hydrogen (secondary N) is 3. The van der Waals surface area contributed by atoms with Crippen LogP contribution in [-0.2, 0) is 11.2 Å². The molecule has 0 atom stereocenters. The number of carbonyl (C=O) groups excluding carboxylic acids is 1. The van der Waals surface area contributed by atoms with E-state index in [9.17, 15) is 4.79 Å². The van der Waals surface area contributed by atoms with Gasteiger partial charge >= 0.3 is 0 Å². The van der Waals surface area contributed by atoms with Crippen molar-refractivity contribution in [2.45, 2.75) is 6.42 Å². The van der Waals surface area contributed by atoms with Crippen molar-refractivity contribution in [2.24, 2.45) is 0 Å². The summed E-state index contributed by atoms with van der Waals surface area (Å²) in [6, 6.07) is 0. The molecule has 2 aromatic rings.